The van der Waals surface area contributed by atoms with Crippen molar-refractivity contribution in [1.29, 1.82) is 0 Å². The lowest BCUT2D eigenvalue weighted by atomic mass is 10.2. The van der Waals surface area contributed by atoms with Gasteiger partial charge >= 0.3 is 5.97 Å². The van der Waals surface area contributed by atoms with Gasteiger partial charge in [-0.05, 0) is 23.8 Å². The van der Waals surface area contributed by atoms with Gasteiger partial charge in [-0.3, -0.25) is 4.79 Å². The number of nitrogens with one attached hydrogen (secondary N) is 1. The molecule has 0 aliphatic carbocycles. The molecule has 2 N–H and O–H groups in total. The first-order valence-electron chi connectivity index (χ1n) is 5.38. The topological polar surface area (TPSA) is 92.4 Å². The lowest BCUT2D eigenvalue weighted by Gasteiger charge is -2.02. The van der Waals surface area contributed by atoms with Crippen LogP contribution >= 0.6 is 0 Å². The van der Waals surface area contributed by atoms with Crippen LogP contribution in [0.1, 0.15) is 16.1 Å². The summed E-state index contributed by atoms with van der Waals surface area (Å²) in [5.41, 5.74) is 1.50. The molecule has 0 unspecified atom stereocenters. The van der Waals surface area contributed by atoms with Crippen LogP contribution in [-0.2, 0) is 4.79 Å². The van der Waals surface area contributed by atoms with Gasteiger partial charge in [0.1, 0.15) is 6.26 Å². The van der Waals surface area contributed by atoms with Crippen LogP contribution in [0.3, 0.4) is 0 Å². The SMILES string of the molecule is O=C(O)C=Cc1ccc(NC(=O)c2ccon2)cc1. The molecule has 2 aromatic rings. The highest BCUT2D eigenvalue weighted by atomic mass is 16.5. The number of carboxylic acids is 1. The minimum absolute atomic E-state index is 0.190. The van der Waals surface area contributed by atoms with E-state index in [1.807, 2.05) is 0 Å². The van der Waals surface area contributed by atoms with Crippen molar-refractivity contribution in [2.75, 3.05) is 5.32 Å². The molecule has 1 amide bonds. The number of carboxylic acid groups (broad SMARTS) is 1. The second-order valence-electron chi connectivity index (χ2n) is 3.63. The van der Waals surface area contributed by atoms with Gasteiger partial charge < -0.3 is 14.9 Å². The van der Waals surface area contributed by atoms with Crippen molar-refractivity contribution in [3.8, 4) is 0 Å². The summed E-state index contributed by atoms with van der Waals surface area (Å²) in [6.45, 7) is 0. The molecule has 19 heavy (non-hydrogen) atoms. The van der Waals surface area contributed by atoms with Crippen LogP contribution < -0.4 is 5.32 Å². The molecular weight excluding hydrogens is 248 g/mol. The number of aromatic nitrogens is 1. The number of aliphatic carboxylic acids is 1. The number of carbonyl (C=O) groups is 2. The van der Waals surface area contributed by atoms with Gasteiger partial charge in [0, 0.05) is 17.8 Å². The maximum atomic E-state index is 11.6. The zero-order chi connectivity index (χ0) is 13.7. The molecular formula is C13H10N2O4. The number of hydrogen-bond donors (Lipinski definition) is 2. The molecule has 0 fully saturated rings. The van der Waals surface area contributed by atoms with E-state index in [2.05, 4.69) is 15.0 Å². The van der Waals surface area contributed by atoms with E-state index >= 15 is 0 Å². The van der Waals surface area contributed by atoms with Gasteiger partial charge in [-0.2, -0.15) is 0 Å². The van der Waals surface area contributed by atoms with Crippen molar-refractivity contribution >= 4 is 23.6 Å². The highest BCUT2D eigenvalue weighted by molar-refractivity contribution is 6.02. The first kappa shape index (κ1) is 12.6. The van der Waals surface area contributed by atoms with E-state index in [-0.39, 0.29) is 11.6 Å². The lowest BCUT2D eigenvalue weighted by molar-refractivity contribution is -0.131. The van der Waals surface area contributed by atoms with Crippen LogP contribution in [0.15, 0.2) is 47.2 Å². The van der Waals surface area contributed by atoms with Crippen LogP contribution in [0.4, 0.5) is 5.69 Å². The molecule has 0 saturated heterocycles. The monoisotopic (exact) mass is 258 g/mol. The van der Waals surface area contributed by atoms with E-state index < -0.39 is 5.97 Å². The summed E-state index contributed by atoms with van der Waals surface area (Å²) in [5.74, 6) is -1.38. The maximum absolute atomic E-state index is 11.6. The highest BCUT2D eigenvalue weighted by Crippen LogP contribution is 2.12. The van der Waals surface area contributed by atoms with E-state index in [1.54, 1.807) is 24.3 Å². The minimum Gasteiger partial charge on any atom is -0.478 e. The lowest BCUT2D eigenvalue weighted by Crippen LogP contribution is -2.11. The van der Waals surface area contributed by atoms with Gasteiger partial charge in [0.05, 0.1) is 0 Å². The van der Waals surface area contributed by atoms with Gasteiger partial charge in [-0.25, -0.2) is 4.79 Å². The molecule has 2 rings (SSSR count). The minimum atomic E-state index is -1.01. The largest absolute Gasteiger partial charge is 0.478 e. The Hall–Kier alpha value is -2.89. The summed E-state index contributed by atoms with van der Waals surface area (Å²) in [6.07, 6.45) is 3.82. The first-order valence-corrected chi connectivity index (χ1v) is 5.38. The van der Waals surface area contributed by atoms with Crippen molar-refractivity contribution in [1.82, 2.24) is 5.16 Å². The Morgan fingerprint density at radius 2 is 1.95 bits per heavy atom. The van der Waals surface area contributed by atoms with Gasteiger partial charge in [-0.1, -0.05) is 17.3 Å². The van der Waals surface area contributed by atoms with Crippen molar-refractivity contribution < 1.29 is 19.2 Å². The molecule has 0 aliphatic heterocycles. The number of nitrogens with zero attached hydrogens (tertiary/aromatic N) is 1. The number of hydrogen-bond acceptors (Lipinski definition) is 4. The predicted molar refractivity (Wildman–Crippen MR) is 67.6 cm³/mol. The van der Waals surface area contributed by atoms with Crippen LogP contribution in [0, 0.1) is 0 Å². The van der Waals surface area contributed by atoms with Crippen LogP contribution in [0.25, 0.3) is 6.08 Å². The Morgan fingerprint density at radius 1 is 1.21 bits per heavy atom. The Balaban J connectivity index is 2.03. The summed E-state index contributed by atoms with van der Waals surface area (Å²) in [4.78, 5) is 22.0. The molecule has 0 bridgehead atoms. The molecule has 0 radical (unpaired) electrons. The number of carbonyl (C=O) groups excluding carboxylic acids is 1. The van der Waals surface area contributed by atoms with Crippen LogP contribution in [0.2, 0.25) is 0 Å². The van der Waals surface area contributed by atoms with E-state index in [1.165, 1.54) is 18.4 Å². The molecule has 1 aromatic carbocycles. The van der Waals surface area contributed by atoms with Crippen LogP contribution in [-0.4, -0.2) is 22.1 Å². The molecule has 6 nitrogen and oxygen atoms in total. The van der Waals surface area contributed by atoms with Crippen molar-refractivity contribution in [3.05, 3.63) is 53.9 Å². The zero-order valence-corrected chi connectivity index (χ0v) is 9.74. The number of anilines is 1. The molecule has 1 aromatic heterocycles. The summed E-state index contributed by atoms with van der Waals surface area (Å²) >= 11 is 0. The average molecular weight is 258 g/mol. The zero-order valence-electron chi connectivity index (χ0n) is 9.74. The first-order chi connectivity index (χ1) is 9.15. The molecule has 0 aliphatic rings. The van der Waals surface area contributed by atoms with Crippen molar-refractivity contribution in [3.63, 3.8) is 0 Å². The molecule has 1 heterocycles. The van der Waals surface area contributed by atoms with Gasteiger partial charge in [0.25, 0.3) is 5.91 Å². The Bertz CT molecular complexity index is 600. The third-order valence-electron chi connectivity index (χ3n) is 2.26. The molecule has 0 atom stereocenters. The van der Waals surface area contributed by atoms with Crippen molar-refractivity contribution in [2.45, 2.75) is 0 Å². The standard InChI is InChI=1S/C13H10N2O4/c16-12(17)6-3-9-1-4-10(5-2-9)14-13(18)11-7-8-19-15-11/h1-8H,(H,14,18)(H,16,17). The van der Waals surface area contributed by atoms with Crippen LogP contribution in [0.5, 0.6) is 0 Å². The fourth-order valence-corrected chi connectivity index (χ4v) is 1.37. The number of benzene rings is 1. The molecule has 96 valence electrons. The Labute approximate surface area is 108 Å². The van der Waals surface area contributed by atoms with E-state index in [4.69, 9.17) is 5.11 Å². The molecule has 0 saturated carbocycles. The van der Waals surface area contributed by atoms with Gasteiger partial charge in [0.2, 0.25) is 0 Å². The van der Waals surface area contributed by atoms with Gasteiger partial charge in [-0.15, -0.1) is 0 Å². The maximum Gasteiger partial charge on any atom is 0.328 e. The fourth-order valence-electron chi connectivity index (χ4n) is 1.37. The Morgan fingerprint density at radius 3 is 2.53 bits per heavy atom. The summed E-state index contributed by atoms with van der Waals surface area (Å²) in [6, 6.07) is 8.17. The molecule has 0 spiro atoms. The quantitative estimate of drug-likeness (QED) is 0.818. The average Bonchev–Trinajstić information content (AvgIpc) is 2.92. The third-order valence-corrected chi connectivity index (χ3v) is 2.26. The highest BCUT2D eigenvalue weighted by Gasteiger charge is 2.08. The van der Waals surface area contributed by atoms with Crippen molar-refractivity contribution in [2.24, 2.45) is 0 Å². The normalized spacial score (nSPS) is 10.5. The summed E-state index contributed by atoms with van der Waals surface area (Å²) in [7, 11) is 0. The number of rotatable bonds is 4. The third kappa shape index (κ3) is 3.53. The summed E-state index contributed by atoms with van der Waals surface area (Å²) in [5, 5.41) is 14.6. The van der Waals surface area contributed by atoms with E-state index in [9.17, 15) is 9.59 Å². The second kappa shape index (κ2) is 5.63. The number of amides is 1. The summed E-state index contributed by atoms with van der Waals surface area (Å²) < 4.78 is 4.57. The fraction of sp³-hybridized carbons (Fsp3) is 0. The van der Waals surface area contributed by atoms with Gasteiger partial charge in [0.15, 0.2) is 5.69 Å². The Kier molecular flexibility index (Phi) is 3.72. The smallest absolute Gasteiger partial charge is 0.328 e. The predicted octanol–water partition coefficient (Wildman–Crippen LogP) is 2.02. The van der Waals surface area contributed by atoms with E-state index in [0.717, 1.165) is 11.6 Å². The van der Waals surface area contributed by atoms with E-state index in [0.29, 0.717) is 5.69 Å². The molecule has 6 heteroatoms. The second-order valence-corrected chi connectivity index (χ2v) is 3.63.